The molecule has 0 radical (unpaired) electrons. The van der Waals surface area contributed by atoms with Crippen LogP contribution in [-0.4, -0.2) is 17.1 Å². The van der Waals surface area contributed by atoms with E-state index in [-0.39, 0.29) is 0 Å². The van der Waals surface area contributed by atoms with E-state index < -0.39 is 14.8 Å². The van der Waals surface area contributed by atoms with Crippen LogP contribution in [0.3, 0.4) is 0 Å². The van der Waals surface area contributed by atoms with Gasteiger partial charge in [0, 0.05) is 16.9 Å². The second-order valence-corrected chi connectivity index (χ2v) is 8.63. The van der Waals surface area contributed by atoms with Crippen LogP contribution >= 0.6 is 15.9 Å². The van der Waals surface area contributed by atoms with Gasteiger partial charge in [0.25, 0.3) is 0 Å². The van der Waals surface area contributed by atoms with E-state index in [2.05, 4.69) is 29.8 Å². The van der Waals surface area contributed by atoms with Gasteiger partial charge >= 0.3 is 0 Å². The van der Waals surface area contributed by atoms with E-state index in [9.17, 15) is 8.42 Å². The largest absolute Gasteiger partial charge is 0.252 e. The van der Waals surface area contributed by atoms with Crippen molar-refractivity contribution in [2.75, 3.05) is 0 Å². The van der Waals surface area contributed by atoms with Crippen LogP contribution in [0.15, 0.2) is 46.7 Å². The van der Waals surface area contributed by atoms with Crippen LogP contribution in [0.2, 0.25) is 0 Å². The van der Waals surface area contributed by atoms with Gasteiger partial charge < -0.3 is 0 Å². The highest BCUT2D eigenvalue weighted by atomic mass is 79.9. The summed E-state index contributed by atoms with van der Waals surface area (Å²) < 4.78 is 26.7. The second-order valence-electron chi connectivity index (χ2n) is 5.41. The molecule has 0 bridgehead atoms. The first-order valence-electron chi connectivity index (χ1n) is 6.23. The average molecular weight is 344 g/mol. The molecule has 19 heavy (non-hydrogen) atoms. The maximum Gasteiger partial charge on any atom is 0.247 e. The van der Waals surface area contributed by atoms with Crippen molar-refractivity contribution in [2.24, 2.45) is 5.92 Å². The van der Waals surface area contributed by atoms with Gasteiger partial charge in [0.05, 0.1) is 0 Å². The van der Waals surface area contributed by atoms with Crippen LogP contribution in [-0.2, 0) is 10.0 Å². The zero-order valence-corrected chi connectivity index (χ0v) is 13.7. The SMILES string of the molecule is CC(C)C1=CC(Br)=CC(C)(S(=O)(=O)n2cccc2)C1. The monoisotopic (exact) mass is 343 g/mol. The smallest absolute Gasteiger partial charge is 0.247 e. The van der Waals surface area contributed by atoms with Crippen LogP contribution in [0.25, 0.3) is 0 Å². The molecule has 0 fully saturated rings. The molecule has 3 nitrogen and oxygen atoms in total. The molecule has 0 saturated carbocycles. The van der Waals surface area contributed by atoms with Gasteiger partial charge in [-0.15, -0.1) is 0 Å². The lowest BCUT2D eigenvalue weighted by Crippen LogP contribution is -2.39. The van der Waals surface area contributed by atoms with Crippen LogP contribution < -0.4 is 0 Å². The molecule has 1 unspecified atom stereocenters. The molecule has 1 heterocycles. The molecular formula is C14H18BrNO2S. The normalized spacial score (nSPS) is 24.3. The first-order chi connectivity index (χ1) is 8.76. The van der Waals surface area contributed by atoms with Crippen molar-refractivity contribution >= 4 is 26.0 Å². The number of halogens is 1. The predicted molar refractivity (Wildman–Crippen MR) is 81.7 cm³/mol. The molecule has 0 saturated heterocycles. The maximum absolute atomic E-state index is 12.8. The zero-order chi connectivity index (χ0) is 14.3. The number of rotatable bonds is 3. The lowest BCUT2D eigenvalue weighted by atomic mass is 9.88. The van der Waals surface area contributed by atoms with Gasteiger partial charge in [0.15, 0.2) is 0 Å². The summed E-state index contributed by atoms with van der Waals surface area (Å²) in [7, 11) is -3.45. The third-order valence-corrected chi connectivity index (χ3v) is 6.20. The Morgan fingerprint density at radius 1 is 1.32 bits per heavy atom. The lowest BCUT2D eigenvalue weighted by molar-refractivity contribution is 0.540. The van der Waals surface area contributed by atoms with Crippen molar-refractivity contribution in [1.29, 1.82) is 0 Å². The summed E-state index contributed by atoms with van der Waals surface area (Å²) in [6.07, 6.45) is 7.50. The van der Waals surface area contributed by atoms with E-state index in [1.807, 2.05) is 6.08 Å². The van der Waals surface area contributed by atoms with Crippen molar-refractivity contribution in [1.82, 2.24) is 3.97 Å². The van der Waals surface area contributed by atoms with Crippen LogP contribution in [0.5, 0.6) is 0 Å². The maximum atomic E-state index is 12.8. The van der Waals surface area contributed by atoms with E-state index in [4.69, 9.17) is 0 Å². The Labute approximate surface area is 123 Å². The number of allylic oxidation sites excluding steroid dienone is 3. The standard InChI is InChI=1S/C14H18BrNO2S/c1-11(2)12-8-13(15)10-14(3,9-12)19(17,18)16-6-4-5-7-16/h4-8,10-11H,9H2,1-3H3. The minimum absolute atomic E-state index is 0.334. The summed E-state index contributed by atoms with van der Waals surface area (Å²) in [5, 5.41) is 0. The van der Waals surface area contributed by atoms with Crippen LogP contribution in [0, 0.1) is 5.92 Å². The van der Waals surface area contributed by atoms with Crippen LogP contribution in [0.1, 0.15) is 27.2 Å². The van der Waals surface area contributed by atoms with E-state index in [0.717, 1.165) is 10.1 Å². The van der Waals surface area contributed by atoms with Crippen molar-refractivity contribution in [3.05, 3.63) is 46.7 Å². The molecule has 0 N–H and O–H groups in total. The summed E-state index contributed by atoms with van der Waals surface area (Å²) in [5.41, 5.74) is 1.15. The Kier molecular flexibility index (Phi) is 3.80. The Bertz CT molecular complexity index is 626. The van der Waals surface area contributed by atoms with Crippen molar-refractivity contribution < 1.29 is 8.42 Å². The number of hydrogen-bond acceptors (Lipinski definition) is 2. The number of nitrogens with zero attached hydrogens (tertiary/aromatic N) is 1. The molecule has 104 valence electrons. The Morgan fingerprint density at radius 2 is 1.89 bits per heavy atom. The minimum atomic E-state index is -3.45. The fraction of sp³-hybridized carbons (Fsp3) is 0.429. The molecule has 1 aromatic rings. The molecule has 1 aliphatic carbocycles. The molecule has 0 aromatic carbocycles. The topological polar surface area (TPSA) is 39.1 Å². The number of hydrogen-bond donors (Lipinski definition) is 0. The molecule has 1 aliphatic rings. The lowest BCUT2D eigenvalue weighted by Gasteiger charge is -2.32. The molecule has 1 atom stereocenters. The van der Waals surface area contributed by atoms with E-state index >= 15 is 0 Å². The van der Waals surface area contributed by atoms with Crippen LogP contribution in [0.4, 0.5) is 0 Å². The number of aromatic nitrogens is 1. The summed E-state index contributed by atoms with van der Waals surface area (Å²) in [6, 6.07) is 3.45. The zero-order valence-electron chi connectivity index (χ0n) is 11.3. The Balaban J connectivity index is 2.48. The third-order valence-electron chi connectivity index (χ3n) is 3.51. The quantitative estimate of drug-likeness (QED) is 0.839. The average Bonchev–Trinajstić information content (AvgIpc) is 2.81. The van der Waals surface area contributed by atoms with Gasteiger partial charge in [-0.05, 0) is 43.5 Å². The third kappa shape index (κ3) is 2.58. The molecule has 2 rings (SSSR count). The van der Waals surface area contributed by atoms with Gasteiger partial charge in [-0.2, -0.15) is 0 Å². The summed E-state index contributed by atoms with van der Waals surface area (Å²) in [4.78, 5) is 0. The fourth-order valence-electron chi connectivity index (χ4n) is 2.27. The van der Waals surface area contributed by atoms with Gasteiger partial charge in [-0.1, -0.05) is 35.4 Å². The van der Waals surface area contributed by atoms with Gasteiger partial charge in [0.1, 0.15) is 4.75 Å². The van der Waals surface area contributed by atoms with Crippen molar-refractivity contribution in [2.45, 2.75) is 31.9 Å². The highest BCUT2D eigenvalue weighted by Crippen LogP contribution is 2.38. The Hall–Kier alpha value is -0.810. The molecule has 0 spiro atoms. The molecular weight excluding hydrogens is 326 g/mol. The summed E-state index contributed by atoms with van der Waals surface area (Å²) in [5.74, 6) is 0.334. The molecule has 5 heteroatoms. The minimum Gasteiger partial charge on any atom is -0.252 e. The molecule has 0 amide bonds. The highest BCUT2D eigenvalue weighted by Gasteiger charge is 2.41. The highest BCUT2D eigenvalue weighted by molar-refractivity contribution is 9.11. The molecule has 1 aromatic heterocycles. The fourth-order valence-corrected chi connectivity index (χ4v) is 4.79. The first kappa shape index (κ1) is 14.6. The summed E-state index contributed by atoms with van der Waals surface area (Å²) >= 11 is 3.44. The van der Waals surface area contributed by atoms with E-state index in [1.165, 1.54) is 3.97 Å². The first-order valence-corrected chi connectivity index (χ1v) is 8.46. The second kappa shape index (κ2) is 4.94. The van der Waals surface area contributed by atoms with Crippen molar-refractivity contribution in [3.63, 3.8) is 0 Å². The van der Waals surface area contributed by atoms with Gasteiger partial charge in [0.2, 0.25) is 10.0 Å². The Morgan fingerprint density at radius 3 is 2.42 bits per heavy atom. The van der Waals surface area contributed by atoms with Gasteiger partial charge in [-0.25, -0.2) is 8.42 Å². The predicted octanol–water partition coefficient (Wildman–Crippen LogP) is 3.69. The molecule has 0 aliphatic heterocycles. The van der Waals surface area contributed by atoms with Crippen molar-refractivity contribution in [3.8, 4) is 0 Å². The van der Waals surface area contributed by atoms with Gasteiger partial charge in [-0.3, -0.25) is 3.97 Å². The van der Waals surface area contributed by atoms with E-state index in [1.54, 1.807) is 37.5 Å². The van der Waals surface area contributed by atoms with E-state index in [0.29, 0.717) is 12.3 Å². The summed E-state index contributed by atoms with van der Waals surface area (Å²) in [6.45, 7) is 5.94.